The molecule has 0 aromatic heterocycles. The molecule has 1 aromatic rings. The van der Waals surface area contributed by atoms with Gasteiger partial charge in [0.25, 0.3) is 0 Å². The minimum absolute atomic E-state index is 0.233. The van der Waals surface area contributed by atoms with Gasteiger partial charge in [-0.05, 0) is 17.7 Å². The lowest BCUT2D eigenvalue weighted by atomic mass is 10.2. The minimum atomic E-state index is -0.412. The first-order valence-corrected chi connectivity index (χ1v) is 6.45. The summed E-state index contributed by atoms with van der Waals surface area (Å²) >= 11 is 0. The van der Waals surface area contributed by atoms with Crippen LogP contribution in [0, 0.1) is 0 Å². The zero-order chi connectivity index (χ0) is 14.0. The lowest BCUT2D eigenvalue weighted by Crippen LogP contribution is -2.22. The Morgan fingerprint density at radius 1 is 0.950 bits per heavy atom. The number of carbonyl (C=O) groups is 1. The average molecular weight is 271 g/mol. The van der Waals surface area contributed by atoms with Gasteiger partial charge in [0.05, 0.1) is 13.2 Å². The van der Waals surface area contributed by atoms with Gasteiger partial charge in [-0.25, -0.2) is 4.79 Å². The Morgan fingerprint density at radius 3 is 2.35 bits per heavy atom. The first-order chi connectivity index (χ1) is 9.86. The molecule has 4 nitrogen and oxygen atoms in total. The van der Waals surface area contributed by atoms with Crippen molar-refractivity contribution in [1.29, 1.82) is 0 Å². The maximum Gasteiger partial charge on any atom is 0.418 e. The second kappa shape index (κ2) is 7.96. The van der Waals surface area contributed by atoms with Crippen LogP contribution in [0.3, 0.4) is 0 Å². The lowest BCUT2D eigenvalue weighted by molar-refractivity contribution is 0.0583. The summed E-state index contributed by atoms with van der Waals surface area (Å²) in [6, 6.07) is 9.87. The highest BCUT2D eigenvalue weighted by atomic mass is 16.6. The zero-order valence-corrected chi connectivity index (χ0v) is 11.1. The van der Waals surface area contributed by atoms with Crippen molar-refractivity contribution in [3.63, 3.8) is 0 Å². The van der Waals surface area contributed by atoms with Crippen molar-refractivity contribution in [1.82, 2.24) is 4.90 Å². The smallest absolute Gasteiger partial charge is 0.418 e. The molecule has 1 aromatic carbocycles. The van der Waals surface area contributed by atoms with Gasteiger partial charge < -0.3 is 9.47 Å². The molecule has 0 radical (unpaired) electrons. The summed E-state index contributed by atoms with van der Waals surface area (Å²) in [7, 11) is 0. The van der Waals surface area contributed by atoms with Crippen molar-refractivity contribution in [2.75, 3.05) is 13.2 Å². The van der Waals surface area contributed by atoms with Gasteiger partial charge in [-0.2, -0.15) is 0 Å². The number of hydrogen-bond acceptors (Lipinski definition) is 3. The van der Waals surface area contributed by atoms with Crippen LogP contribution >= 0.6 is 0 Å². The molecular weight excluding hydrogens is 254 g/mol. The van der Waals surface area contributed by atoms with E-state index in [-0.39, 0.29) is 6.61 Å². The Hall–Kier alpha value is -2.33. The summed E-state index contributed by atoms with van der Waals surface area (Å²) in [4.78, 5) is 13.1. The van der Waals surface area contributed by atoms with Gasteiger partial charge >= 0.3 is 6.09 Å². The van der Waals surface area contributed by atoms with E-state index >= 15 is 0 Å². The van der Waals surface area contributed by atoms with Crippen LogP contribution in [0.2, 0.25) is 0 Å². The molecule has 1 aliphatic rings. The Balaban J connectivity index is 1.62. The van der Waals surface area contributed by atoms with Crippen molar-refractivity contribution in [3.8, 4) is 0 Å². The molecule has 0 saturated carbocycles. The SMILES string of the molecule is O=C(OCCOCc1ccccc1)N1C=CC=CC=C1. The maximum atomic E-state index is 11.7. The predicted octanol–water partition coefficient (Wildman–Crippen LogP) is 3.24. The fourth-order valence-corrected chi connectivity index (χ4v) is 1.61. The number of allylic oxidation sites excluding steroid dienone is 4. The topological polar surface area (TPSA) is 38.8 Å². The van der Waals surface area contributed by atoms with Gasteiger partial charge in [0.1, 0.15) is 6.61 Å². The molecule has 20 heavy (non-hydrogen) atoms. The van der Waals surface area contributed by atoms with Gasteiger partial charge in [-0.1, -0.05) is 42.5 Å². The Morgan fingerprint density at radius 2 is 1.65 bits per heavy atom. The van der Waals surface area contributed by atoms with E-state index in [2.05, 4.69) is 0 Å². The summed E-state index contributed by atoms with van der Waals surface area (Å²) < 4.78 is 10.5. The molecule has 104 valence electrons. The monoisotopic (exact) mass is 271 g/mol. The van der Waals surface area contributed by atoms with Crippen molar-refractivity contribution in [2.24, 2.45) is 0 Å². The fourth-order valence-electron chi connectivity index (χ4n) is 1.61. The largest absolute Gasteiger partial charge is 0.446 e. The molecule has 0 fully saturated rings. The third kappa shape index (κ3) is 4.74. The van der Waals surface area contributed by atoms with E-state index < -0.39 is 6.09 Å². The van der Waals surface area contributed by atoms with E-state index in [9.17, 15) is 4.79 Å². The fraction of sp³-hybridized carbons (Fsp3) is 0.188. The summed E-state index contributed by atoms with van der Waals surface area (Å²) in [6.07, 6.45) is 10.1. The van der Waals surface area contributed by atoms with Crippen LogP contribution in [0.4, 0.5) is 4.79 Å². The second-order valence-electron chi connectivity index (χ2n) is 4.13. The summed E-state index contributed by atoms with van der Waals surface area (Å²) in [5.41, 5.74) is 1.10. The van der Waals surface area contributed by atoms with Gasteiger partial charge in [0.2, 0.25) is 0 Å². The number of hydrogen-bond donors (Lipinski definition) is 0. The summed E-state index contributed by atoms with van der Waals surface area (Å²) in [5.74, 6) is 0. The number of rotatable bonds is 5. The van der Waals surface area contributed by atoms with Gasteiger partial charge in [-0.3, -0.25) is 4.90 Å². The summed E-state index contributed by atoms with van der Waals surface area (Å²) in [6.45, 7) is 1.13. The Kier molecular flexibility index (Phi) is 5.61. The molecule has 0 unspecified atom stereocenters. The number of ether oxygens (including phenoxy) is 2. The van der Waals surface area contributed by atoms with E-state index in [1.165, 1.54) is 4.90 Å². The maximum absolute atomic E-state index is 11.7. The van der Waals surface area contributed by atoms with Crippen molar-refractivity contribution < 1.29 is 14.3 Å². The van der Waals surface area contributed by atoms with E-state index in [1.54, 1.807) is 24.6 Å². The minimum Gasteiger partial charge on any atom is -0.446 e. The molecule has 1 amide bonds. The molecule has 1 aliphatic heterocycles. The first-order valence-electron chi connectivity index (χ1n) is 6.45. The number of amides is 1. The zero-order valence-electron chi connectivity index (χ0n) is 11.1. The van der Waals surface area contributed by atoms with Gasteiger partial charge in [0, 0.05) is 12.4 Å². The van der Waals surface area contributed by atoms with Crippen LogP contribution in [-0.2, 0) is 16.1 Å². The molecule has 0 aliphatic carbocycles. The molecule has 1 heterocycles. The Bertz CT molecular complexity index is 490. The third-order valence-corrected chi connectivity index (χ3v) is 2.60. The van der Waals surface area contributed by atoms with Crippen molar-refractivity contribution >= 4 is 6.09 Å². The molecule has 0 spiro atoms. The van der Waals surface area contributed by atoms with Gasteiger partial charge in [0.15, 0.2) is 0 Å². The number of nitrogens with zero attached hydrogens (tertiary/aromatic N) is 1. The van der Waals surface area contributed by atoms with E-state index in [1.807, 2.05) is 42.5 Å². The van der Waals surface area contributed by atoms with E-state index in [0.717, 1.165) is 5.56 Å². The molecule has 0 N–H and O–H groups in total. The number of carbonyl (C=O) groups excluding carboxylic acids is 1. The van der Waals surface area contributed by atoms with Crippen LogP contribution in [0.25, 0.3) is 0 Å². The molecule has 0 bridgehead atoms. The number of benzene rings is 1. The highest BCUT2D eigenvalue weighted by Gasteiger charge is 2.08. The Labute approximate surface area is 118 Å². The van der Waals surface area contributed by atoms with Crippen molar-refractivity contribution in [3.05, 3.63) is 72.6 Å². The van der Waals surface area contributed by atoms with Gasteiger partial charge in [-0.15, -0.1) is 0 Å². The van der Waals surface area contributed by atoms with Crippen LogP contribution in [-0.4, -0.2) is 24.2 Å². The first kappa shape index (κ1) is 14.1. The highest BCUT2D eigenvalue weighted by Crippen LogP contribution is 2.02. The van der Waals surface area contributed by atoms with Crippen LogP contribution in [0.1, 0.15) is 5.56 Å². The van der Waals surface area contributed by atoms with Crippen LogP contribution in [0.5, 0.6) is 0 Å². The van der Waals surface area contributed by atoms with E-state index in [4.69, 9.17) is 9.47 Å². The van der Waals surface area contributed by atoms with E-state index in [0.29, 0.717) is 13.2 Å². The third-order valence-electron chi connectivity index (χ3n) is 2.60. The highest BCUT2D eigenvalue weighted by molar-refractivity contribution is 5.70. The van der Waals surface area contributed by atoms with Crippen LogP contribution < -0.4 is 0 Å². The van der Waals surface area contributed by atoms with Crippen LogP contribution in [0.15, 0.2) is 67.0 Å². The molecular formula is C16H17NO3. The average Bonchev–Trinajstić information content (AvgIpc) is 2.77. The molecule has 4 heteroatoms. The molecule has 0 atom stereocenters. The standard InChI is InChI=1S/C16H17NO3/c18-16(17-10-6-1-2-7-11-17)20-13-12-19-14-15-8-4-3-5-9-15/h1-11H,12-14H2. The molecule has 2 rings (SSSR count). The molecule has 0 saturated heterocycles. The quantitative estimate of drug-likeness (QED) is 0.772. The summed E-state index contributed by atoms with van der Waals surface area (Å²) in [5, 5.41) is 0. The predicted molar refractivity (Wildman–Crippen MR) is 76.7 cm³/mol. The normalized spacial score (nSPS) is 13.3. The second-order valence-corrected chi connectivity index (χ2v) is 4.13. The lowest BCUT2D eigenvalue weighted by Gasteiger charge is -2.13. The van der Waals surface area contributed by atoms with Crippen molar-refractivity contribution in [2.45, 2.75) is 6.61 Å².